The van der Waals surface area contributed by atoms with Gasteiger partial charge in [-0.25, -0.2) is 0 Å². The molecule has 1 aromatic carbocycles. The van der Waals surface area contributed by atoms with Crippen molar-refractivity contribution in [2.45, 2.75) is 32.1 Å². The zero-order valence-corrected chi connectivity index (χ0v) is 13.3. The molecule has 0 saturated carbocycles. The van der Waals surface area contributed by atoms with Crippen molar-refractivity contribution in [3.05, 3.63) is 33.4 Å². The summed E-state index contributed by atoms with van der Waals surface area (Å²) in [4.78, 5) is 11.5. The molecule has 0 unspecified atom stereocenters. The quantitative estimate of drug-likeness (QED) is 0.600. The molecule has 0 bridgehead atoms. The van der Waals surface area contributed by atoms with E-state index < -0.39 is 0 Å². The molecular formula is C13H17IO2S. The van der Waals surface area contributed by atoms with Crippen LogP contribution in [0.15, 0.2) is 24.3 Å². The maximum atomic E-state index is 11.5. The molecule has 0 spiro atoms. The van der Waals surface area contributed by atoms with E-state index in [0.29, 0.717) is 5.75 Å². The van der Waals surface area contributed by atoms with Gasteiger partial charge >= 0.3 is 5.97 Å². The van der Waals surface area contributed by atoms with E-state index in [4.69, 9.17) is 4.74 Å². The van der Waals surface area contributed by atoms with Gasteiger partial charge in [0.25, 0.3) is 0 Å². The number of thioether (sulfide) groups is 1. The third-order valence-electron chi connectivity index (χ3n) is 1.82. The Labute approximate surface area is 121 Å². The minimum Gasteiger partial charge on any atom is -0.459 e. The van der Waals surface area contributed by atoms with Crippen LogP contribution in [0.25, 0.3) is 0 Å². The number of benzene rings is 1. The summed E-state index contributed by atoms with van der Waals surface area (Å²) in [5.41, 5.74) is 0.847. The summed E-state index contributed by atoms with van der Waals surface area (Å²) < 4.78 is 6.46. The fourth-order valence-electron chi connectivity index (χ4n) is 1.20. The van der Waals surface area contributed by atoms with Gasteiger partial charge in [0.2, 0.25) is 0 Å². The van der Waals surface area contributed by atoms with Crippen LogP contribution in [-0.4, -0.2) is 17.3 Å². The summed E-state index contributed by atoms with van der Waals surface area (Å²) in [5.74, 6) is 1.10. The van der Waals surface area contributed by atoms with Crippen LogP contribution in [0.2, 0.25) is 0 Å². The van der Waals surface area contributed by atoms with Crippen LogP contribution in [0.4, 0.5) is 0 Å². The smallest absolute Gasteiger partial charge is 0.316 e. The fourth-order valence-corrected chi connectivity index (χ4v) is 2.32. The third kappa shape index (κ3) is 6.93. The SMILES string of the molecule is CC(C)(C)OC(=O)CSCc1ccc(I)cc1. The molecule has 1 rings (SSSR count). The molecule has 0 aliphatic carbocycles. The van der Waals surface area contributed by atoms with Crippen LogP contribution in [0.5, 0.6) is 0 Å². The van der Waals surface area contributed by atoms with E-state index in [-0.39, 0.29) is 11.6 Å². The third-order valence-corrected chi connectivity index (χ3v) is 3.52. The first kappa shape index (κ1) is 14.8. The van der Waals surface area contributed by atoms with Crippen LogP contribution in [0.1, 0.15) is 26.3 Å². The first-order chi connectivity index (χ1) is 7.87. The Bertz CT molecular complexity index is 368. The summed E-state index contributed by atoms with van der Waals surface area (Å²) >= 11 is 3.86. The Morgan fingerprint density at radius 2 is 1.88 bits per heavy atom. The number of halogens is 1. The lowest BCUT2D eigenvalue weighted by Crippen LogP contribution is -2.24. The number of carbonyl (C=O) groups excluding carboxylic acids is 1. The second kappa shape index (κ2) is 6.64. The van der Waals surface area contributed by atoms with Crippen molar-refractivity contribution >= 4 is 40.3 Å². The molecule has 0 aromatic heterocycles. The van der Waals surface area contributed by atoms with Gasteiger partial charge in [0.1, 0.15) is 5.60 Å². The van der Waals surface area contributed by atoms with Crippen molar-refractivity contribution in [1.29, 1.82) is 0 Å². The second-order valence-electron chi connectivity index (χ2n) is 4.71. The van der Waals surface area contributed by atoms with Crippen LogP contribution in [0, 0.1) is 3.57 Å². The van der Waals surface area contributed by atoms with E-state index in [1.54, 1.807) is 11.8 Å². The van der Waals surface area contributed by atoms with E-state index in [1.165, 1.54) is 9.13 Å². The summed E-state index contributed by atoms with van der Waals surface area (Å²) in [5, 5.41) is 0. The molecule has 0 amide bonds. The molecule has 2 nitrogen and oxygen atoms in total. The maximum Gasteiger partial charge on any atom is 0.316 e. The molecule has 0 aliphatic rings. The standard InChI is InChI=1S/C13H17IO2S/c1-13(2,3)16-12(15)9-17-8-10-4-6-11(14)7-5-10/h4-7H,8-9H2,1-3H3. The molecule has 17 heavy (non-hydrogen) atoms. The van der Waals surface area contributed by atoms with Gasteiger partial charge in [0.15, 0.2) is 0 Å². The van der Waals surface area contributed by atoms with Crippen LogP contribution >= 0.6 is 34.4 Å². The van der Waals surface area contributed by atoms with E-state index in [1.807, 2.05) is 20.8 Å². The maximum absolute atomic E-state index is 11.5. The predicted octanol–water partition coefficient (Wildman–Crippen LogP) is 3.87. The Balaban J connectivity index is 2.28. The van der Waals surface area contributed by atoms with Crippen molar-refractivity contribution < 1.29 is 9.53 Å². The van der Waals surface area contributed by atoms with Gasteiger partial charge in [-0.1, -0.05) is 12.1 Å². The zero-order valence-electron chi connectivity index (χ0n) is 10.3. The number of ether oxygens (including phenoxy) is 1. The Morgan fingerprint density at radius 1 is 1.29 bits per heavy atom. The molecule has 0 heterocycles. The highest BCUT2D eigenvalue weighted by Gasteiger charge is 2.15. The first-order valence-electron chi connectivity index (χ1n) is 5.41. The van der Waals surface area contributed by atoms with E-state index >= 15 is 0 Å². The molecular weight excluding hydrogens is 347 g/mol. The molecule has 1 aromatic rings. The summed E-state index contributed by atoms with van der Waals surface area (Å²) in [6.45, 7) is 5.65. The Morgan fingerprint density at radius 3 is 2.41 bits per heavy atom. The number of rotatable bonds is 4. The van der Waals surface area contributed by atoms with Gasteiger partial charge in [-0.3, -0.25) is 4.79 Å². The molecule has 0 atom stereocenters. The summed E-state index contributed by atoms with van der Waals surface area (Å²) in [6.07, 6.45) is 0. The van der Waals surface area contributed by atoms with Gasteiger partial charge in [-0.15, -0.1) is 11.8 Å². The highest BCUT2D eigenvalue weighted by Crippen LogP contribution is 2.15. The number of carbonyl (C=O) groups is 1. The monoisotopic (exact) mass is 364 g/mol. The number of hydrogen-bond acceptors (Lipinski definition) is 3. The molecule has 0 fully saturated rings. The van der Waals surface area contributed by atoms with Crippen molar-refractivity contribution in [2.24, 2.45) is 0 Å². The highest BCUT2D eigenvalue weighted by molar-refractivity contribution is 14.1. The van der Waals surface area contributed by atoms with E-state index in [0.717, 1.165) is 5.75 Å². The van der Waals surface area contributed by atoms with Gasteiger partial charge in [-0.2, -0.15) is 0 Å². The predicted molar refractivity (Wildman–Crippen MR) is 81.2 cm³/mol. The number of hydrogen-bond donors (Lipinski definition) is 0. The molecule has 0 N–H and O–H groups in total. The lowest BCUT2D eigenvalue weighted by Gasteiger charge is -2.19. The number of esters is 1. The minimum absolute atomic E-state index is 0.145. The van der Waals surface area contributed by atoms with Crippen LogP contribution in [-0.2, 0) is 15.3 Å². The fraction of sp³-hybridized carbons (Fsp3) is 0.462. The van der Waals surface area contributed by atoms with Crippen molar-refractivity contribution in [1.82, 2.24) is 0 Å². The lowest BCUT2D eigenvalue weighted by molar-refractivity contribution is -0.151. The Kier molecular flexibility index (Phi) is 5.79. The topological polar surface area (TPSA) is 26.3 Å². The molecule has 94 valence electrons. The van der Waals surface area contributed by atoms with Gasteiger partial charge < -0.3 is 4.74 Å². The van der Waals surface area contributed by atoms with E-state index in [2.05, 4.69) is 46.9 Å². The van der Waals surface area contributed by atoms with Gasteiger partial charge in [-0.05, 0) is 61.1 Å². The van der Waals surface area contributed by atoms with Crippen LogP contribution < -0.4 is 0 Å². The minimum atomic E-state index is -0.388. The zero-order chi connectivity index (χ0) is 12.9. The largest absolute Gasteiger partial charge is 0.459 e. The molecule has 0 aliphatic heterocycles. The van der Waals surface area contributed by atoms with Crippen molar-refractivity contribution in [3.8, 4) is 0 Å². The van der Waals surface area contributed by atoms with Gasteiger partial charge in [0, 0.05) is 9.32 Å². The average Bonchev–Trinajstić information content (AvgIpc) is 2.18. The second-order valence-corrected chi connectivity index (χ2v) is 6.94. The van der Waals surface area contributed by atoms with Gasteiger partial charge in [0.05, 0.1) is 5.75 Å². The highest BCUT2D eigenvalue weighted by atomic mass is 127. The van der Waals surface area contributed by atoms with Crippen molar-refractivity contribution in [2.75, 3.05) is 5.75 Å². The Hall–Kier alpha value is -0.230. The summed E-state index contributed by atoms with van der Waals surface area (Å²) in [7, 11) is 0. The first-order valence-corrected chi connectivity index (χ1v) is 7.64. The molecule has 4 heteroatoms. The average molecular weight is 364 g/mol. The van der Waals surface area contributed by atoms with E-state index in [9.17, 15) is 4.79 Å². The molecule has 0 radical (unpaired) electrons. The lowest BCUT2D eigenvalue weighted by atomic mass is 10.2. The molecule has 0 saturated heterocycles. The van der Waals surface area contributed by atoms with Crippen LogP contribution in [0.3, 0.4) is 0 Å². The normalized spacial score (nSPS) is 11.3. The van der Waals surface area contributed by atoms with Crippen molar-refractivity contribution in [3.63, 3.8) is 0 Å². The summed E-state index contributed by atoms with van der Waals surface area (Å²) in [6, 6.07) is 8.32.